The summed E-state index contributed by atoms with van der Waals surface area (Å²) in [6.45, 7) is 3.01. The minimum absolute atomic E-state index is 0.0975. The van der Waals surface area contributed by atoms with Crippen LogP contribution in [0.2, 0.25) is 5.02 Å². The van der Waals surface area contributed by atoms with Gasteiger partial charge in [0.25, 0.3) is 5.91 Å². The minimum atomic E-state index is -0.293. The normalized spacial score (nSPS) is 24.2. The third-order valence-electron chi connectivity index (χ3n) is 5.13. The Morgan fingerprint density at radius 2 is 2.19 bits per heavy atom. The van der Waals surface area contributed by atoms with Crippen molar-refractivity contribution in [2.24, 2.45) is 7.05 Å². The van der Waals surface area contributed by atoms with Gasteiger partial charge in [-0.2, -0.15) is 5.10 Å². The zero-order valence-electron chi connectivity index (χ0n) is 15.0. The second-order valence-electron chi connectivity index (χ2n) is 6.99. The Balaban J connectivity index is 1.46. The van der Waals surface area contributed by atoms with Crippen LogP contribution in [-0.4, -0.2) is 34.4 Å². The molecule has 138 valence electrons. The molecule has 6 nitrogen and oxygen atoms in total. The third kappa shape index (κ3) is 3.13. The highest BCUT2D eigenvalue weighted by atomic mass is 35.5. The summed E-state index contributed by atoms with van der Waals surface area (Å²) >= 11 is 6.35. The van der Waals surface area contributed by atoms with E-state index in [1.54, 1.807) is 4.68 Å². The highest BCUT2D eigenvalue weighted by Gasteiger charge is 2.41. The molecule has 2 aromatic rings. The van der Waals surface area contributed by atoms with Crippen molar-refractivity contribution in [1.82, 2.24) is 15.1 Å². The maximum atomic E-state index is 12.5. The van der Waals surface area contributed by atoms with Crippen molar-refractivity contribution in [3.8, 4) is 0 Å². The lowest BCUT2D eigenvalue weighted by Crippen LogP contribution is -2.33. The van der Waals surface area contributed by atoms with E-state index in [1.807, 2.05) is 31.3 Å². The summed E-state index contributed by atoms with van der Waals surface area (Å²) < 4.78 is 7.70. The van der Waals surface area contributed by atoms with Crippen molar-refractivity contribution in [2.75, 3.05) is 11.9 Å². The van der Waals surface area contributed by atoms with E-state index in [-0.39, 0.29) is 17.7 Å². The van der Waals surface area contributed by atoms with Crippen LogP contribution < -0.4 is 10.6 Å². The van der Waals surface area contributed by atoms with Crippen LogP contribution in [0.5, 0.6) is 0 Å². The lowest BCUT2D eigenvalue weighted by Gasteiger charge is -2.23. The van der Waals surface area contributed by atoms with Crippen molar-refractivity contribution in [3.63, 3.8) is 0 Å². The minimum Gasteiger partial charge on any atom is -0.367 e. The quantitative estimate of drug-likeness (QED) is 0.843. The molecule has 26 heavy (non-hydrogen) atoms. The number of hydrogen-bond acceptors (Lipinski definition) is 4. The number of morpholine rings is 1. The third-order valence-corrected chi connectivity index (χ3v) is 5.53. The Morgan fingerprint density at radius 1 is 1.42 bits per heavy atom. The topological polar surface area (TPSA) is 68.2 Å². The van der Waals surface area contributed by atoms with Gasteiger partial charge in [0.15, 0.2) is 5.69 Å². The number of anilines is 1. The van der Waals surface area contributed by atoms with Crippen molar-refractivity contribution in [2.45, 2.75) is 44.4 Å². The summed E-state index contributed by atoms with van der Waals surface area (Å²) in [7, 11) is 1.81. The maximum Gasteiger partial charge on any atom is 0.277 e. The lowest BCUT2D eigenvalue weighted by molar-refractivity contribution is 0.0160. The molecule has 0 aliphatic carbocycles. The molecule has 4 rings (SSSR count). The van der Waals surface area contributed by atoms with Gasteiger partial charge in [0.05, 0.1) is 22.9 Å². The monoisotopic (exact) mass is 374 g/mol. The van der Waals surface area contributed by atoms with E-state index in [4.69, 9.17) is 16.3 Å². The Kier molecular flexibility index (Phi) is 4.73. The van der Waals surface area contributed by atoms with Crippen LogP contribution in [0.1, 0.15) is 47.6 Å². The molecule has 2 bridgehead atoms. The molecular formula is C19H23ClN4O2. The fraction of sp³-hybridized carbons (Fsp3) is 0.474. The summed E-state index contributed by atoms with van der Waals surface area (Å²) in [6, 6.07) is 8.19. The average molecular weight is 375 g/mol. The van der Waals surface area contributed by atoms with E-state index in [0.29, 0.717) is 22.9 Å². The molecule has 0 radical (unpaired) electrons. The molecule has 2 N–H and O–H groups in total. The molecule has 3 atom stereocenters. The molecule has 0 unspecified atom stereocenters. The zero-order chi connectivity index (χ0) is 18.3. The van der Waals surface area contributed by atoms with Gasteiger partial charge in [-0.15, -0.1) is 0 Å². The Morgan fingerprint density at radius 3 is 2.81 bits per heavy atom. The van der Waals surface area contributed by atoms with Gasteiger partial charge in [0.1, 0.15) is 0 Å². The van der Waals surface area contributed by atoms with Gasteiger partial charge in [-0.25, -0.2) is 0 Å². The summed E-state index contributed by atoms with van der Waals surface area (Å²) in [4.78, 5) is 12.5. The van der Waals surface area contributed by atoms with Gasteiger partial charge in [0, 0.05) is 25.3 Å². The number of carbonyl (C=O) groups excluding carboxylic acids is 1. The predicted octanol–water partition coefficient (Wildman–Crippen LogP) is 3.08. The number of rotatable bonds is 5. The van der Waals surface area contributed by atoms with E-state index in [2.05, 4.69) is 22.7 Å². The van der Waals surface area contributed by atoms with Gasteiger partial charge in [0.2, 0.25) is 0 Å². The maximum absolute atomic E-state index is 12.5. The van der Waals surface area contributed by atoms with E-state index in [0.717, 1.165) is 37.1 Å². The van der Waals surface area contributed by atoms with Crippen LogP contribution in [-0.2, 0) is 18.2 Å². The predicted molar refractivity (Wildman–Crippen MR) is 101 cm³/mol. The second-order valence-corrected chi connectivity index (χ2v) is 7.37. The van der Waals surface area contributed by atoms with Gasteiger partial charge >= 0.3 is 0 Å². The fourth-order valence-corrected chi connectivity index (χ4v) is 4.15. The molecule has 1 aromatic heterocycles. The molecule has 1 aromatic carbocycles. The van der Waals surface area contributed by atoms with Gasteiger partial charge in [-0.3, -0.25) is 9.48 Å². The first-order chi connectivity index (χ1) is 12.6. The smallest absolute Gasteiger partial charge is 0.277 e. The summed E-state index contributed by atoms with van der Waals surface area (Å²) in [5, 5.41) is 11.1. The molecule has 0 saturated carbocycles. The average Bonchev–Trinajstić information content (AvgIpc) is 3.33. The van der Waals surface area contributed by atoms with Gasteiger partial charge in [-0.1, -0.05) is 37.1 Å². The van der Waals surface area contributed by atoms with Crippen LogP contribution in [0, 0.1) is 0 Å². The Labute approximate surface area is 157 Å². The number of benzene rings is 1. The summed E-state index contributed by atoms with van der Waals surface area (Å²) in [5.41, 5.74) is 3.00. The second kappa shape index (κ2) is 7.02. The first-order valence-electron chi connectivity index (χ1n) is 9.08. The SMILES string of the molecule is CCCc1c(Cl)c(C(=O)Nc2ccc([C@H]3O[C@@H]4CN[C@H]3C4)cc2)nn1C. The number of carbonyl (C=O) groups is 1. The molecule has 1 amide bonds. The molecule has 2 fully saturated rings. The molecule has 3 heterocycles. The molecule has 2 aliphatic rings. The van der Waals surface area contributed by atoms with Gasteiger partial charge < -0.3 is 15.4 Å². The van der Waals surface area contributed by atoms with E-state index < -0.39 is 0 Å². The number of ether oxygens (including phenoxy) is 1. The number of halogens is 1. The number of aromatic nitrogens is 2. The highest BCUT2D eigenvalue weighted by Crippen LogP contribution is 2.37. The molecule has 7 heteroatoms. The lowest BCUT2D eigenvalue weighted by atomic mass is 10.0. The van der Waals surface area contributed by atoms with Crippen LogP contribution in [0.4, 0.5) is 5.69 Å². The summed E-state index contributed by atoms with van der Waals surface area (Å²) in [5.74, 6) is -0.293. The first-order valence-corrected chi connectivity index (χ1v) is 9.46. The Bertz CT molecular complexity index is 818. The van der Waals surface area contributed by atoms with Crippen molar-refractivity contribution < 1.29 is 9.53 Å². The van der Waals surface area contributed by atoms with Crippen LogP contribution in [0.15, 0.2) is 24.3 Å². The molecule has 0 spiro atoms. The molecular weight excluding hydrogens is 352 g/mol. The van der Waals surface area contributed by atoms with E-state index in [1.165, 1.54) is 0 Å². The number of amides is 1. The Hall–Kier alpha value is -1.89. The number of nitrogens with zero attached hydrogens (tertiary/aromatic N) is 2. The number of nitrogens with one attached hydrogen (secondary N) is 2. The van der Waals surface area contributed by atoms with E-state index >= 15 is 0 Å². The number of hydrogen-bond donors (Lipinski definition) is 2. The first kappa shape index (κ1) is 17.5. The highest BCUT2D eigenvalue weighted by molar-refractivity contribution is 6.34. The zero-order valence-corrected chi connectivity index (χ0v) is 15.7. The van der Waals surface area contributed by atoms with Gasteiger partial charge in [-0.05, 0) is 30.5 Å². The standard InChI is InChI=1S/C19H23ClN4O2/c1-3-4-15-16(20)17(23-24(15)2)19(25)22-12-7-5-11(6-8-12)18-14-9-13(26-18)10-21-14/h5-8,13-14,18,21H,3-4,9-10H2,1-2H3,(H,22,25)/t13-,14-,18+/m0/s1. The van der Waals surface area contributed by atoms with Crippen molar-refractivity contribution >= 4 is 23.2 Å². The number of fused-ring (bicyclic) bond motifs is 2. The van der Waals surface area contributed by atoms with Crippen molar-refractivity contribution in [3.05, 3.63) is 46.2 Å². The largest absolute Gasteiger partial charge is 0.367 e. The summed E-state index contributed by atoms with van der Waals surface area (Å²) in [6.07, 6.45) is 3.23. The number of aryl methyl sites for hydroxylation is 1. The van der Waals surface area contributed by atoms with Crippen LogP contribution in [0.3, 0.4) is 0 Å². The van der Waals surface area contributed by atoms with Crippen LogP contribution in [0.25, 0.3) is 0 Å². The van der Waals surface area contributed by atoms with Crippen LogP contribution >= 0.6 is 11.6 Å². The molecule has 2 aliphatic heterocycles. The fourth-order valence-electron chi connectivity index (χ4n) is 3.81. The van der Waals surface area contributed by atoms with Crippen molar-refractivity contribution in [1.29, 1.82) is 0 Å². The molecule has 2 saturated heterocycles. The van der Waals surface area contributed by atoms with E-state index in [9.17, 15) is 4.79 Å².